The van der Waals surface area contributed by atoms with Crippen LogP contribution in [0.15, 0.2) is 0 Å². The van der Waals surface area contributed by atoms with Gasteiger partial charge in [-0.3, -0.25) is 14.5 Å². The van der Waals surface area contributed by atoms with Crippen molar-refractivity contribution in [1.82, 2.24) is 10.2 Å². The molecule has 0 aromatic heterocycles. The molecule has 0 aromatic carbocycles. The van der Waals surface area contributed by atoms with E-state index in [1.807, 2.05) is 11.9 Å². The van der Waals surface area contributed by atoms with E-state index in [1.54, 1.807) is 0 Å². The molecule has 1 saturated heterocycles. The minimum absolute atomic E-state index is 0.106. The third kappa shape index (κ3) is 3.67. The molecule has 3 unspecified atom stereocenters. The SMILES string of the molecule is CN1CCCC1C(=O)NC(CC1CC1)C(O)C(N)=O. The second kappa shape index (κ2) is 5.88. The van der Waals surface area contributed by atoms with E-state index >= 15 is 0 Å². The van der Waals surface area contributed by atoms with E-state index in [2.05, 4.69) is 5.32 Å². The molecule has 4 N–H and O–H groups in total. The van der Waals surface area contributed by atoms with Crippen molar-refractivity contribution in [2.75, 3.05) is 13.6 Å². The highest BCUT2D eigenvalue weighted by Gasteiger charge is 2.35. The minimum atomic E-state index is -1.30. The number of likely N-dealkylation sites (tertiary alicyclic amines) is 1. The van der Waals surface area contributed by atoms with E-state index in [-0.39, 0.29) is 11.9 Å². The fourth-order valence-corrected chi connectivity index (χ4v) is 2.70. The molecule has 2 rings (SSSR count). The first kappa shape index (κ1) is 14.3. The van der Waals surface area contributed by atoms with E-state index in [4.69, 9.17) is 5.73 Å². The molecule has 6 heteroatoms. The van der Waals surface area contributed by atoms with Crippen LogP contribution >= 0.6 is 0 Å². The van der Waals surface area contributed by atoms with Gasteiger partial charge in [0, 0.05) is 0 Å². The van der Waals surface area contributed by atoms with E-state index in [9.17, 15) is 14.7 Å². The molecule has 108 valence electrons. The fourth-order valence-electron chi connectivity index (χ4n) is 2.70. The molecule has 3 atom stereocenters. The molecule has 2 fully saturated rings. The van der Waals surface area contributed by atoms with Gasteiger partial charge in [0.15, 0.2) is 6.10 Å². The molecular weight excluding hydrogens is 246 g/mol. The summed E-state index contributed by atoms with van der Waals surface area (Å²) in [5.74, 6) is -0.378. The smallest absolute Gasteiger partial charge is 0.248 e. The number of aliphatic hydroxyl groups excluding tert-OH is 1. The average Bonchev–Trinajstić information content (AvgIpc) is 3.07. The van der Waals surface area contributed by atoms with Gasteiger partial charge in [-0.25, -0.2) is 0 Å². The highest BCUT2D eigenvalue weighted by atomic mass is 16.3. The van der Waals surface area contributed by atoms with Gasteiger partial charge in [0.2, 0.25) is 11.8 Å². The van der Waals surface area contributed by atoms with E-state index in [1.165, 1.54) is 0 Å². The molecule has 0 bridgehead atoms. The van der Waals surface area contributed by atoms with E-state index in [0.717, 1.165) is 32.2 Å². The van der Waals surface area contributed by atoms with Crippen molar-refractivity contribution < 1.29 is 14.7 Å². The van der Waals surface area contributed by atoms with Crippen LogP contribution in [0.5, 0.6) is 0 Å². The minimum Gasteiger partial charge on any atom is -0.381 e. The summed E-state index contributed by atoms with van der Waals surface area (Å²) in [6.07, 6.45) is 3.36. The Hall–Kier alpha value is -1.14. The first-order valence-corrected chi connectivity index (χ1v) is 6.97. The number of carbonyl (C=O) groups excluding carboxylic acids is 2. The van der Waals surface area contributed by atoms with Crippen LogP contribution in [0.25, 0.3) is 0 Å². The number of likely N-dealkylation sites (N-methyl/N-ethyl adjacent to an activating group) is 1. The number of primary amides is 1. The van der Waals surface area contributed by atoms with Gasteiger partial charge in [-0.2, -0.15) is 0 Å². The zero-order chi connectivity index (χ0) is 14.0. The van der Waals surface area contributed by atoms with E-state index in [0.29, 0.717) is 12.3 Å². The van der Waals surface area contributed by atoms with Gasteiger partial charge in [-0.1, -0.05) is 12.8 Å². The maximum absolute atomic E-state index is 12.2. The number of nitrogens with one attached hydrogen (secondary N) is 1. The van der Waals surface area contributed by atoms with Gasteiger partial charge >= 0.3 is 0 Å². The largest absolute Gasteiger partial charge is 0.381 e. The number of nitrogens with zero attached hydrogens (tertiary/aromatic N) is 1. The van der Waals surface area contributed by atoms with Crippen molar-refractivity contribution in [3.05, 3.63) is 0 Å². The van der Waals surface area contributed by atoms with Crippen LogP contribution in [-0.2, 0) is 9.59 Å². The normalized spacial score (nSPS) is 26.9. The lowest BCUT2D eigenvalue weighted by Crippen LogP contribution is -2.53. The summed E-state index contributed by atoms with van der Waals surface area (Å²) >= 11 is 0. The molecule has 19 heavy (non-hydrogen) atoms. The second-order valence-corrected chi connectivity index (χ2v) is 5.78. The predicted octanol–water partition coefficient (Wildman–Crippen LogP) is -0.788. The Labute approximate surface area is 113 Å². The molecule has 1 saturated carbocycles. The molecule has 1 aliphatic carbocycles. The lowest BCUT2D eigenvalue weighted by atomic mass is 10.0. The number of hydrogen-bond donors (Lipinski definition) is 3. The summed E-state index contributed by atoms with van der Waals surface area (Å²) in [5, 5.41) is 12.6. The highest BCUT2D eigenvalue weighted by Crippen LogP contribution is 2.34. The van der Waals surface area contributed by atoms with Gasteiger partial charge in [0.25, 0.3) is 0 Å². The molecule has 0 radical (unpaired) electrons. The maximum Gasteiger partial charge on any atom is 0.248 e. The van der Waals surface area contributed by atoms with Crippen LogP contribution in [0.1, 0.15) is 32.1 Å². The van der Waals surface area contributed by atoms with Crippen LogP contribution in [0.2, 0.25) is 0 Å². The topological polar surface area (TPSA) is 95.7 Å². The van der Waals surface area contributed by atoms with Crippen molar-refractivity contribution >= 4 is 11.8 Å². The number of carbonyl (C=O) groups is 2. The Balaban J connectivity index is 1.94. The Bertz CT molecular complexity index is 357. The predicted molar refractivity (Wildman–Crippen MR) is 70.1 cm³/mol. The molecule has 0 aromatic rings. The highest BCUT2D eigenvalue weighted by molar-refractivity contribution is 5.84. The molecule has 2 aliphatic rings. The number of hydrogen-bond acceptors (Lipinski definition) is 4. The lowest BCUT2D eigenvalue weighted by Gasteiger charge is -2.26. The van der Waals surface area contributed by atoms with Crippen LogP contribution in [0, 0.1) is 5.92 Å². The first-order valence-electron chi connectivity index (χ1n) is 6.97. The van der Waals surface area contributed by atoms with Gasteiger partial charge < -0.3 is 16.2 Å². The number of aliphatic hydroxyl groups is 1. The Morgan fingerprint density at radius 3 is 2.58 bits per heavy atom. The summed E-state index contributed by atoms with van der Waals surface area (Å²) < 4.78 is 0. The fraction of sp³-hybridized carbons (Fsp3) is 0.846. The summed E-state index contributed by atoms with van der Waals surface area (Å²) in [6, 6.07) is -0.701. The summed E-state index contributed by atoms with van der Waals surface area (Å²) in [5.41, 5.74) is 5.14. The number of nitrogens with two attached hydrogens (primary N) is 1. The zero-order valence-electron chi connectivity index (χ0n) is 11.3. The lowest BCUT2D eigenvalue weighted by molar-refractivity contribution is -0.131. The third-order valence-corrected chi connectivity index (χ3v) is 4.11. The zero-order valence-corrected chi connectivity index (χ0v) is 11.3. The van der Waals surface area contributed by atoms with Crippen molar-refractivity contribution in [2.45, 2.75) is 50.3 Å². The third-order valence-electron chi connectivity index (χ3n) is 4.11. The van der Waals surface area contributed by atoms with Crippen molar-refractivity contribution in [2.24, 2.45) is 11.7 Å². The monoisotopic (exact) mass is 269 g/mol. The summed E-state index contributed by atoms with van der Waals surface area (Å²) in [7, 11) is 1.91. The quantitative estimate of drug-likeness (QED) is 0.589. The summed E-state index contributed by atoms with van der Waals surface area (Å²) in [4.78, 5) is 25.3. The molecular formula is C13H23N3O3. The van der Waals surface area contributed by atoms with Crippen LogP contribution in [-0.4, -0.2) is 53.6 Å². The van der Waals surface area contributed by atoms with Crippen molar-refractivity contribution in [3.63, 3.8) is 0 Å². The second-order valence-electron chi connectivity index (χ2n) is 5.78. The van der Waals surface area contributed by atoms with Crippen LogP contribution in [0.3, 0.4) is 0 Å². The Morgan fingerprint density at radius 2 is 2.11 bits per heavy atom. The molecule has 1 aliphatic heterocycles. The molecule has 2 amide bonds. The maximum atomic E-state index is 12.2. The average molecular weight is 269 g/mol. The first-order chi connectivity index (χ1) is 8.99. The molecule has 0 spiro atoms. The Morgan fingerprint density at radius 1 is 1.42 bits per heavy atom. The van der Waals surface area contributed by atoms with Gasteiger partial charge in [-0.05, 0) is 38.8 Å². The summed E-state index contributed by atoms with van der Waals surface area (Å²) in [6.45, 7) is 0.906. The standard InChI is InChI=1S/C13H23N3O3/c1-16-6-2-3-10(16)13(19)15-9(7-8-4-5-8)11(17)12(14)18/h8-11,17H,2-7H2,1H3,(H2,14,18)(H,15,19). The van der Waals surface area contributed by atoms with Crippen LogP contribution < -0.4 is 11.1 Å². The van der Waals surface area contributed by atoms with Crippen molar-refractivity contribution in [1.29, 1.82) is 0 Å². The van der Waals surface area contributed by atoms with Gasteiger partial charge in [-0.15, -0.1) is 0 Å². The van der Waals surface area contributed by atoms with Gasteiger partial charge in [0.05, 0.1) is 12.1 Å². The number of amides is 2. The van der Waals surface area contributed by atoms with E-state index < -0.39 is 18.1 Å². The van der Waals surface area contributed by atoms with Crippen molar-refractivity contribution in [3.8, 4) is 0 Å². The molecule has 1 heterocycles. The van der Waals surface area contributed by atoms with Gasteiger partial charge in [0.1, 0.15) is 0 Å². The number of rotatable bonds is 6. The molecule has 6 nitrogen and oxygen atoms in total. The Kier molecular flexibility index (Phi) is 4.42. The van der Waals surface area contributed by atoms with Crippen LogP contribution in [0.4, 0.5) is 0 Å².